The van der Waals surface area contributed by atoms with Crippen LogP contribution in [0.15, 0.2) is 49.1 Å². The van der Waals surface area contributed by atoms with Crippen molar-refractivity contribution >= 4 is 6.08 Å². The van der Waals surface area contributed by atoms with Gasteiger partial charge in [-0.15, -0.1) is 6.58 Å². The largest absolute Gasteiger partial charge is 0.103 e. The molecule has 0 aromatic heterocycles. The molecule has 1 aromatic carbocycles. The van der Waals surface area contributed by atoms with Crippen molar-refractivity contribution in [1.82, 2.24) is 0 Å². The van der Waals surface area contributed by atoms with E-state index in [-0.39, 0.29) is 0 Å². The van der Waals surface area contributed by atoms with E-state index in [1.807, 2.05) is 0 Å². The molecule has 3 atom stereocenters. The second-order valence-electron chi connectivity index (χ2n) is 4.77. The van der Waals surface area contributed by atoms with Crippen molar-refractivity contribution in [3.63, 3.8) is 0 Å². The predicted octanol–water partition coefficient (Wildman–Crippen LogP) is 4.55. The first-order valence-corrected chi connectivity index (χ1v) is 6.17. The maximum atomic E-state index is 3.92. The molecular formula is C16H20. The summed E-state index contributed by atoms with van der Waals surface area (Å²) in [5, 5.41) is 0. The van der Waals surface area contributed by atoms with Gasteiger partial charge in [0.15, 0.2) is 0 Å². The Balaban J connectivity index is 2.01. The first kappa shape index (κ1) is 11.2. The number of hydrogen-bond acceptors (Lipinski definition) is 0. The van der Waals surface area contributed by atoms with Crippen molar-refractivity contribution in [3.8, 4) is 0 Å². The Morgan fingerprint density at radius 2 is 1.81 bits per heavy atom. The highest BCUT2D eigenvalue weighted by Gasteiger charge is 2.28. The van der Waals surface area contributed by atoms with Crippen molar-refractivity contribution in [2.24, 2.45) is 17.8 Å². The molecule has 16 heavy (non-hydrogen) atoms. The molecule has 0 heterocycles. The smallest absolute Gasteiger partial charge is 0.0199 e. The van der Waals surface area contributed by atoms with Crippen LogP contribution in [0.2, 0.25) is 0 Å². The topological polar surface area (TPSA) is 0 Å². The van der Waals surface area contributed by atoms with Crippen LogP contribution in [0.1, 0.15) is 25.3 Å². The molecule has 0 radical (unpaired) electrons. The summed E-state index contributed by atoms with van der Waals surface area (Å²) in [5.74, 6) is 2.19. The van der Waals surface area contributed by atoms with E-state index >= 15 is 0 Å². The summed E-state index contributed by atoms with van der Waals surface area (Å²) in [4.78, 5) is 0. The molecule has 0 saturated heterocycles. The Morgan fingerprint density at radius 1 is 1.12 bits per heavy atom. The van der Waals surface area contributed by atoms with Crippen LogP contribution < -0.4 is 0 Å². The quantitative estimate of drug-likeness (QED) is 0.645. The van der Waals surface area contributed by atoms with Crippen molar-refractivity contribution in [2.45, 2.75) is 19.8 Å². The van der Waals surface area contributed by atoms with Gasteiger partial charge in [-0.3, -0.25) is 0 Å². The van der Waals surface area contributed by atoms with E-state index in [4.69, 9.17) is 0 Å². The molecule has 0 unspecified atom stereocenters. The normalized spacial score (nSPS) is 29.7. The van der Waals surface area contributed by atoms with Gasteiger partial charge in [0, 0.05) is 0 Å². The Kier molecular flexibility index (Phi) is 3.61. The zero-order valence-electron chi connectivity index (χ0n) is 9.97. The zero-order valence-corrected chi connectivity index (χ0v) is 9.97. The van der Waals surface area contributed by atoms with Crippen LogP contribution in [-0.4, -0.2) is 0 Å². The Bertz CT molecular complexity index is 361. The molecule has 0 nitrogen and oxygen atoms in total. The fourth-order valence-corrected chi connectivity index (χ4v) is 2.63. The molecule has 0 heteroatoms. The van der Waals surface area contributed by atoms with Crippen LogP contribution >= 0.6 is 0 Å². The van der Waals surface area contributed by atoms with Crippen molar-refractivity contribution < 1.29 is 0 Å². The van der Waals surface area contributed by atoms with Gasteiger partial charge in [0.05, 0.1) is 0 Å². The molecule has 0 N–H and O–H groups in total. The predicted molar refractivity (Wildman–Crippen MR) is 71.1 cm³/mol. The minimum Gasteiger partial charge on any atom is -0.103 e. The summed E-state index contributed by atoms with van der Waals surface area (Å²) in [6.45, 7) is 6.27. The van der Waals surface area contributed by atoms with Crippen LogP contribution in [-0.2, 0) is 0 Å². The van der Waals surface area contributed by atoms with E-state index in [0.717, 1.165) is 11.8 Å². The van der Waals surface area contributed by atoms with Gasteiger partial charge in [0.25, 0.3) is 0 Å². The summed E-state index contributed by atoms with van der Waals surface area (Å²) >= 11 is 0. The lowest BCUT2D eigenvalue weighted by Crippen LogP contribution is -2.06. The number of hydrogen-bond donors (Lipinski definition) is 0. The zero-order chi connectivity index (χ0) is 11.4. The highest BCUT2D eigenvalue weighted by Crippen LogP contribution is 2.38. The van der Waals surface area contributed by atoms with E-state index in [9.17, 15) is 0 Å². The fraction of sp³-hybridized carbons (Fsp3) is 0.375. The summed E-state index contributed by atoms with van der Waals surface area (Å²) in [6.07, 6.45) is 9.37. The third-order valence-corrected chi connectivity index (χ3v) is 3.82. The van der Waals surface area contributed by atoms with Gasteiger partial charge in [0.2, 0.25) is 0 Å². The summed E-state index contributed by atoms with van der Waals surface area (Å²) in [5.41, 5.74) is 1.30. The fourth-order valence-electron chi connectivity index (χ4n) is 2.63. The summed E-state index contributed by atoms with van der Waals surface area (Å²) in [7, 11) is 0. The monoisotopic (exact) mass is 212 g/mol. The molecule has 1 fully saturated rings. The van der Waals surface area contributed by atoms with Crippen LogP contribution in [0.4, 0.5) is 0 Å². The highest BCUT2D eigenvalue weighted by atomic mass is 14.3. The van der Waals surface area contributed by atoms with Gasteiger partial charge >= 0.3 is 0 Å². The first-order valence-electron chi connectivity index (χ1n) is 6.17. The molecule has 2 rings (SSSR count). The van der Waals surface area contributed by atoms with Gasteiger partial charge in [0.1, 0.15) is 0 Å². The lowest BCUT2D eigenvalue weighted by atomic mass is 9.91. The molecule has 0 bridgehead atoms. The Morgan fingerprint density at radius 3 is 2.44 bits per heavy atom. The minimum atomic E-state index is 0.713. The molecule has 84 valence electrons. The number of benzene rings is 1. The van der Waals surface area contributed by atoms with Crippen LogP contribution in [0.3, 0.4) is 0 Å². The maximum absolute atomic E-state index is 3.92. The molecule has 1 aliphatic carbocycles. The van der Waals surface area contributed by atoms with E-state index in [2.05, 4.69) is 62.1 Å². The molecule has 0 amide bonds. The molecular weight excluding hydrogens is 192 g/mol. The molecule has 1 aromatic rings. The van der Waals surface area contributed by atoms with Crippen molar-refractivity contribution in [3.05, 3.63) is 54.6 Å². The van der Waals surface area contributed by atoms with Gasteiger partial charge in [-0.1, -0.05) is 55.5 Å². The van der Waals surface area contributed by atoms with E-state index in [1.165, 1.54) is 18.4 Å². The molecule has 0 spiro atoms. The van der Waals surface area contributed by atoms with E-state index < -0.39 is 0 Å². The Labute approximate surface area is 98.7 Å². The second-order valence-corrected chi connectivity index (χ2v) is 4.77. The molecule has 1 saturated carbocycles. The minimum absolute atomic E-state index is 0.713. The lowest BCUT2D eigenvalue weighted by molar-refractivity contribution is 0.440. The maximum Gasteiger partial charge on any atom is -0.0199 e. The molecule has 1 aliphatic rings. The average molecular weight is 212 g/mol. The van der Waals surface area contributed by atoms with Gasteiger partial charge in [-0.05, 0) is 36.2 Å². The number of allylic oxidation sites excluding steroid dienone is 2. The van der Waals surface area contributed by atoms with Gasteiger partial charge in [-0.2, -0.15) is 0 Å². The summed E-state index contributed by atoms with van der Waals surface area (Å²) in [6, 6.07) is 10.5. The standard InChI is InChI=1S/C16H20/c1-3-15-11-12-16(13(15)2)10-9-14-7-5-4-6-8-14/h3-10,13,15-16H,1,11-12H2,2H3/b10-9+/t13-,15-,16+/m0/s1. The average Bonchev–Trinajstić information content (AvgIpc) is 2.69. The van der Waals surface area contributed by atoms with Gasteiger partial charge < -0.3 is 0 Å². The van der Waals surface area contributed by atoms with E-state index in [0.29, 0.717) is 5.92 Å². The third kappa shape index (κ3) is 2.44. The second kappa shape index (κ2) is 5.16. The van der Waals surface area contributed by atoms with Crippen molar-refractivity contribution in [1.29, 1.82) is 0 Å². The van der Waals surface area contributed by atoms with Crippen LogP contribution in [0, 0.1) is 17.8 Å². The van der Waals surface area contributed by atoms with E-state index in [1.54, 1.807) is 0 Å². The highest BCUT2D eigenvalue weighted by molar-refractivity contribution is 5.49. The lowest BCUT2D eigenvalue weighted by Gasteiger charge is -2.14. The summed E-state index contributed by atoms with van der Waals surface area (Å²) < 4.78 is 0. The van der Waals surface area contributed by atoms with Crippen LogP contribution in [0.5, 0.6) is 0 Å². The van der Waals surface area contributed by atoms with Crippen LogP contribution in [0.25, 0.3) is 6.08 Å². The Hall–Kier alpha value is -1.30. The first-order chi connectivity index (χ1) is 7.81. The molecule has 0 aliphatic heterocycles. The van der Waals surface area contributed by atoms with Gasteiger partial charge in [-0.25, -0.2) is 0 Å². The van der Waals surface area contributed by atoms with Crippen molar-refractivity contribution in [2.75, 3.05) is 0 Å². The SMILES string of the molecule is C=C[C@H]1CC[C@@H](/C=C/c2ccccc2)[C@H]1C. The number of rotatable bonds is 3. The third-order valence-electron chi connectivity index (χ3n) is 3.82.